The van der Waals surface area contributed by atoms with Gasteiger partial charge in [0.05, 0.1) is 0 Å². The van der Waals surface area contributed by atoms with Gasteiger partial charge in [-0.15, -0.1) is 0 Å². The number of hydrogen-bond donors (Lipinski definition) is 0. The SMILES string of the molecule is CC(=O)N1CCN2CC3CCCC3c3cccc(c32)C1. The van der Waals surface area contributed by atoms with E-state index in [2.05, 4.69) is 23.1 Å². The Morgan fingerprint density at radius 1 is 1.25 bits per heavy atom. The third-order valence-electron chi connectivity index (χ3n) is 5.43. The van der Waals surface area contributed by atoms with Gasteiger partial charge >= 0.3 is 0 Å². The molecular weight excluding hydrogens is 248 g/mol. The van der Waals surface area contributed by atoms with Crippen LogP contribution in [0.4, 0.5) is 5.69 Å². The number of carbonyl (C=O) groups is 1. The van der Waals surface area contributed by atoms with Crippen molar-refractivity contribution >= 4 is 11.6 Å². The molecule has 0 saturated heterocycles. The molecule has 1 aromatic rings. The smallest absolute Gasteiger partial charge is 0.219 e. The summed E-state index contributed by atoms with van der Waals surface area (Å²) in [6, 6.07) is 6.73. The van der Waals surface area contributed by atoms with Crippen molar-refractivity contribution < 1.29 is 4.79 Å². The Bertz CT molecular complexity index is 554. The minimum absolute atomic E-state index is 0.197. The molecule has 20 heavy (non-hydrogen) atoms. The fourth-order valence-corrected chi connectivity index (χ4v) is 4.46. The van der Waals surface area contributed by atoms with Crippen LogP contribution < -0.4 is 4.90 Å². The minimum Gasteiger partial charge on any atom is -0.369 e. The van der Waals surface area contributed by atoms with Crippen LogP contribution in [0.5, 0.6) is 0 Å². The second-order valence-corrected chi connectivity index (χ2v) is 6.54. The van der Waals surface area contributed by atoms with Gasteiger partial charge in [-0.25, -0.2) is 0 Å². The Kier molecular flexibility index (Phi) is 2.76. The monoisotopic (exact) mass is 270 g/mol. The number of benzene rings is 1. The molecule has 1 aliphatic carbocycles. The van der Waals surface area contributed by atoms with Gasteiger partial charge in [0.1, 0.15) is 0 Å². The summed E-state index contributed by atoms with van der Waals surface area (Å²) in [6.45, 7) is 5.52. The molecule has 0 aromatic heterocycles. The Balaban J connectivity index is 1.80. The van der Waals surface area contributed by atoms with Crippen LogP contribution in [-0.4, -0.2) is 30.4 Å². The third-order valence-corrected chi connectivity index (χ3v) is 5.43. The maximum Gasteiger partial charge on any atom is 0.219 e. The first-order chi connectivity index (χ1) is 9.74. The van der Waals surface area contributed by atoms with E-state index in [0.29, 0.717) is 0 Å². The molecule has 1 amide bonds. The molecule has 0 N–H and O–H groups in total. The normalized spacial score (nSPS) is 27.9. The van der Waals surface area contributed by atoms with Crippen LogP contribution in [0.1, 0.15) is 43.2 Å². The number of rotatable bonds is 0. The van der Waals surface area contributed by atoms with E-state index in [4.69, 9.17) is 0 Å². The summed E-state index contributed by atoms with van der Waals surface area (Å²) in [4.78, 5) is 16.3. The molecule has 106 valence electrons. The van der Waals surface area contributed by atoms with Gasteiger partial charge in [0.2, 0.25) is 5.91 Å². The Morgan fingerprint density at radius 3 is 3.00 bits per heavy atom. The van der Waals surface area contributed by atoms with Crippen molar-refractivity contribution in [2.24, 2.45) is 5.92 Å². The second kappa shape index (κ2) is 4.51. The van der Waals surface area contributed by atoms with Crippen LogP contribution in [0, 0.1) is 5.92 Å². The highest BCUT2D eigenvalue weighted by molar-refractivity contribution is 5.74. The van der Waals surface area contributed by atoms with Crippen molar-refractivity contribution in [3.8, 4) is 0 Å². The van der Waals surface area contributed by atoms with E-state index < -0.39 is 0 Å². The highest BCUT2D eigenvalue weighted by Crippen LogP contribution is 2.49. The predicted octanol–water partition coefficient (Wildman–Crippen LogP) is 2.75. The van der Waals surface area contributed by atoms with Gasteiger partial charge in [0, 0.05) is 38.8 Å². The fraction of sp³-hybridized carbons (Fsp3) is 0.588. The molecule has 0 radical (unpaired) electrons. The molecule has 0 bridgehead atoms. The maximum atomic E-state index is 11.8. The van der Waals surface area contributed by atoms with E-state index in [1.165, 1.54) is 37.1 Å². The molecule has 2 unspecified atom stereocenters. The number of carbonyl (C=O) groups excluding carboxylic acids is 1. The van der Waals surface area contributed by atoms with E-state index >= 15 is 0 Å². The van der Waals surface area contributed by atoms with E-state index in [1.807, 2.05) is 4.90 Å². The summed E-state index contributed by atoms with van der Waals surface area (Å²) < 4.78 is 0. The van der Waals surface area contributed by atoms with Crippen LogP contribution in [0.15, 0.2) is 18.2 Å². The van der Waals surface area contributed by atoms with Gasteiger partial charge in [-0.05, 0) is 35.8 Å². The quantitative estimate of drug-likeness (QED) is 0.723. The minimum atomic E-state index is 0.197. The number of fused-ring (bicyclic) bond motifs is 2. The lowest BCUT2D eigenvalue weighted by Gasteiger charge is -2.38. The van der Waals surface area contributed by atoms with Crippen molar-refractivity contribution in [2.75, 3.05) is 24.5 Å². The number of amides is 1. The highest BCUT2D eigenvalue weighted by Gasteiger charge is 2.38. The summed E-state index contributed by atoms with van der Waals surface area (Å²) in [7, 11) is 0. The van der Waals surface area contributed by atoms with E-state index in [9.17, 15) is 4.79 Å². The highest BCUT2D eigenvalue weighted by atomic mass is 16.2. The van der Waals surface area contributed by atoms with Gasteiger partial charge in [-0.2, -0.15) is 0 Å². The lowest BCUT2D eigenvalue weighted by Crippen LogP contribution is -2.39. The summed E-state index contributed by atoms with van der Waals surface area (Å²) >= 11 is 0. The number of nitrogens with zero attached hydrogens (tertiary/aromatic N) is 2. The number of para-hydroxylation sites is 1. The van der Waals surface area contributed by atoms with E-state index in [-0.39, 0.29) is 5.91 Å². The van der Waals surface area contributed by atoms with Crippen molar-refractivity contribution in [1.82, 2.24) is 4.90 Å². The predicted molar refractivity (Wildman–Crippen MR) is 79.8 cm³/mol. The lowest BCUT2D eigenvalue weighted by molar-refractivity contribution is -0.129. The zero-order valence-electron chi connectivity index (χ0n) is 12.1. The van der Waals surface area contributed by atoms with Crippen molar-refractivity contribution in [2.45, 2.75) is 38.6 Å². The molecule has 1 saturated carbocycles. The van der Waals surface area contributed by atoms with Crippen LogP contribution >= 0.6 is 0 Å². The topological polar surface area (TPSA) is 23.6 Å². The molecule has 1 aromatic carbocycles. The first-order valence-corrected chi connectivity index (χ1v) is 7.86. The van der Waals surface area contributed by atoms with Gasteiger partial charge in [0.25, 0.3) is 0 Å². The van der Waals surface area contributed by atoms with Gasteiger partial charge in [-0.3, -0.25) is 4.79 Å². The molecule has 0 spiro atoms. The summed E-state index contributed by atoms with van der Waals surface area (Å²) in [5.74, 6) is 1.80. The largest absolute Gasteiger partial charge is 0.369 e. The van der Waals surface area contributed by atoms with Gasteiger partial charge in [-0.1, -0.05) is 24.6 Å². The molecule has 3 nitrogen and oxygen atoms in total. The molecule has 3 heteroatoms. The average Bonchev–Trinajstić information content (AvgIpc) is 2.82. The molecule has 3 aliphatic rings. The molecule has 1 fully saturated rings. The van der Waals surface area contributed by atoms with Crippen molar-refractivity contribution in [1.29, 1.82) is 0 Å². The maximum absolute atomic E-state index is 11.8. The van der Waals surface area contributed by atoms with Crippen LogP contribution in [0.2, 0.25) is 0 Å². The van der Waals surface area contributed by atoms with E-state index in [0.717, 1.165) is 31.5 Å². The summed E-state index contributed by atoms with van der Waals surface area (Å²) in [5.41, 5.74) is 4.36. The molecule has 2 heterocycles. The molecular formula is C17H22N2O. The Labute approximate surface area is 120 Å². The fourth-order valence-electron chi connectivity index (χ4n) is 4.46. The standard InChI is InChI=1S/C17H22N2O/c1-12(20)18-8-9-19-10-13-4-2-6-15(13)16-7-3-5-14(11-18)17(16)19/h3,5,7,13,15H,2,4,6,8-11H2,1H3. The number of hydrogen-bond acceptors (Lipinski definition) is 2. The molecule has 2 aliphatic heterocycles. The molecule has 2 atom stereocenters. The van der Waals surface area contributed by atoms with E-state index in [1.54, 1.807) is 12.5 Å². The van der Waals surface area contributed by atoms with Gasteiger partial charge in [0.15, 0.2) is 0 Å². The van der Waals surface area contributed by atoms with Crippen LogP contribution in [-0.2, 0) is 11.3 Å². The lowest BCUT2D eigenvalue weighted by atomic mass is 9.82. The Morgan fingerprint density at radius 2 is 2.15 bits per heavy atom. The zero-order valence-corrected chi connectivity index (χ0v) is 12.1. The summed E-state index contributed by atoms with van der Waals surface area (Å²) in [6.07, 6.45) is 4.11. The second-order valence-electron chi connectivity index (χ2n) is 6.54. The Hall–Kier alpha value is -1.51. The zero-order chi connectivity index (χ0) is 13.7. The number of anilines is 1. The first-order valence-electron chi connectivity index (χ1n) is 7.86. The first kappa shape index (κ1) is 12.2. The van der Waals surface area contributed by atoms with Crippen molar-refractivity contribution in [3.05, 3.63) is 29.3 Å². The van der Waals surface area contributed by atoms with Gasteiger partial charge < -0.3 is 9.80 Å². The van der Waals surface area contributed by atoms with Crippen LogP contribution in [0.3, 0.4) is 0 Å². The van der Waals surface area contributed by atoms with Crippen molar-refractivity contribution in [3.63, 3.8) is 0 Å². The summed E-state index contributed by atoms with van der Waals surface area (Å²) in [5, 5.41) is 0. The average molecular weight is 270 g/mol. The molecule has 4 rings (SSSR count). The van der Waals surface area contributed by atoms with Crippen LogP contribution in [0.25, 0.3) is 0 Å². The third kappa shape index (κ3) is 1.75.